The highest BCUT2D eigenvalue weighted by molar-refractivity contribution is 5.92. The smallest absolute Gasteiger partial charge is 0.271 e. The van der Waals surface area contributed by atoms with Gasteiger partial charge in [-0.1, -0.05) is 6.58 Å². The normalized spacial score (nSPS) is 20.3. The predicted molar refractivity (Wildman–Crippen MR) is 88.6 cm³/mol. The van der Waals surface area contributed by atoms with Crippen molar-refractivity contribution < 1.29 is 14.3 Å². The molecule has 0 aliphatic carbocycles. The summed E-state index contributed by atoms with van der Waals surface area (Å²) in [5, 5.41) is 10.1. The molecule has 2 N–H and O–H groups in total. The molecule has 0 saturated carbocycles. The number of hydrogen-bond donors (Lipinski definition) is 2. The van der Waals surface area contributed by atoms with Gasteiger partial charge in [0.2, 0.25) is 5.91 Å². The van der Waals surface area contributed by atoms with E-state index in [1.165, 1.54) is 6.08 Å². The SMILES string of the molecule is C=CC(=O)N1CC(C(C)NC(=O)c2cc(C3CCOCC3)[nH]n2)C1. The fourth-order valence-electron chi connectivity index (χ4n) is 3.21. The van der Waals surface area contributed by atoms with E-state index in [2.05, 4.69) is 22.1 Å². The van der Waals surface area contributed by atoms with E-state index in [4.69, 9.17) is 4.74 Å². The molecule has 24 heavy (non-hydrogen) atoms. The lowest BCUT2D eigenvalue weighted by Gasteiger charge is -2.42. The molecule has 2 aliphatic rings. The minimum Gasteiger partial charge on any atom is -0.381 e. The maximum atomic E-state index is 12.4. The molecule has 3 heterocycles. The molecule has 1 aromatic heterocycles. The summed E-state index contributed by atoms with van der Waals surface area (Å²) >= 11 is 0. The third-order valence-corrected chi connectivity index (χ3v) is 4.95. The van der Waals surface area contributed by atoms with Crippen LogP contribution in [-0.4, -0.2) is 59.3 Å². The van der Waals surface area contributed by atoms with Crippen molar-refractivity contribution in [2.45, 2.75) is 31.7 Å². The fourth-order valence-corrected chi connectivity index (χ4v) is 3.21. The van der Waals surface area contributed by atoms with E-state index in [-0.39, 0.29) is 23.8 Å². The molecule has 2 amide bonds. The summed E-state index contributed by atoms with van der Waals surface area (Å²) in [7, 11) is 0. The van der Waals surface area contributed by atoms with E-state index < -0.39 is 0 Å². The number of rotatable bonds is 5. The minimum absolute atomic E-state index is 0.00500. The molecule has 0 radical (unpaired) electrons. The standard InChI is InChI=1S/C17H24N4O3/c1-3-16(22)21-9-13(10-21)11(2)18-17(23)15-8-14(19-20-15)12-4-6-24-7-5-12/h3,8,11-13H,1,4-7,9-10H2,2H3,(H,18,23)(H,19,20). The average Bonchev–Trinajstić information content (AvgIpc) is 3.04. The van der Waals surface area contributed by atoms with Crippen molar-refractivity contribution >= 4 is 11.8 Å². The highest BCUT2D eigenvalue weighted by Crippen LogP contribution is 2.25. The van der Waals surface area contributed by atoms with Crippen molar-refractivity contribution in [2.75, 3.05) is 26.3 Å². The van der Waals surface area contributed by atoms with Crippen LogP contribution in [0.2, 0.25) is 0 Å². The van der Waals surface area contributed by atoms with Gasteiger partial charge in [-0.2, -0.15) is 5.10 Å². The van der Waals surface area contributed by atoms with Gasteiger partial charge >= 0.3 is 0 Å². The summed E-state index contributed by atoms with van der Waals surface area (Å²) < 4.78 is 5.36. The Morgan fingerprint density at radius 1 is 1.46 bits per heavy atom. The van der Waals surface area contributed by atoms with Crippen LogP contribution in [0.5, 0.6) is 0 Å². The van der Waals surface area contributed by atoms with Gasteiger partial charge < -0.3 is 15.0 Å². The second-order valence-electron chi connectivity index (χ2n) is 6.56. The number of carbonyl (C=O) groups excluding carboxylic acids is 2. The number of hydrogen-bond acceptors (Lipinski definition) is 4. The first kappa shape index (κ1) is 16.7. The Kier molecular flexibility index (Phi) is 4.99. The van der Waals surface area contributed by atoms with Crippen LogP contribution in [0.15, 0.2) is 18.7 Å². The number of aromatic nitrogens is 2. The summed E-state index contributed by atoms with van der Waals surface area (Å²) in [5.74, 6) is 0.422. The average molecular weight is 332 g/mol. The Morgan fingerprint density at radius 3 is 2.83 bits per heavy atom. The monoisotopic (exact) mass is 332 g/mol. The minimum atomic E-state index is -0.175. The fraction of sp³-hybridized carbons (Fsp3) is 0.588. The molecule has 0 bridgehead atoms. The van der Waals surface area contributed by atoms with Crippen molar-refractivity contribution in [3.8, 4) is 0 Å². The molecule has 1 aromatic rings. The van der Waals surface area contributed by atoms with Gasteiger partial charge in [-0.05, 0) is 31.9 Å². The first-order chi connectivity index (χ1) is 11.6. The zero-order valence-corrected chi connectivity index (χ0v) is 14.0. The van der Waals surface area contributed by atoms with Gasteiger partial charge in [0.25, 0.3) is 5.91 Å². The van der Waals surface area contributed by atoms with Gasteiger partial charge in [-0.3, -0.25) is 14.7 Å². The number of likely N-dealkylation sites (tertiary alicyclic amines) is 1. The predicted octanol–water partition coefficient (Wildman–Crippen LogP) is 1.07. The van der Waals surface area contributed by atoms with Crippen LogP contribution in [0.4, 0.5) is 0 Å². The number of H-pyrrole nitrogens is 1. The number of nitrogens with zero attached hydrogens (tertiary/aromatic N) is 2. The highest BCUT2D eigenvalue weighted by atomic mass is 16.5. The highest BCUT2D eigenvalue weighted by Gasteiger charge is 2.34. The summed E-state index contributed by atoms with van der Waals surface area (Å²) in [6.07, 6.45) is 3.23. The Hall–Kier alpha value is -2.15. The molecule has 2 fully saturated rings. The maximum Gasteiger partial charge on any atom is 0.271 e. The number of carbonyl (C=O) groups is 2. The number of ether oxygens (including phenoxy) is 1. The lowest BCUT2D eigenvalue weighted by molar-refractivity contribution is -0.132. The molecule has 0 aromatic carbocycles. The van der Waals surface area contributed by atoms with Crippen LogP contribution in [0.25, 0.3) is 0 Å². The van der Waals surface area contributed by atoms with E-state index in [0.29, 0.717) is 24.7 Å². The van der Waals surface area contributed by atoms with Crippen molar-refractivity contribution in [1.29, 1.82) is 0 Å². The third kappa shape index (κ3) is 3.51. The van der Waals surface area contributed by atoms with Crippen LogP contribution < -0.4 is 5.32 Å². The van der Waals surface area contributed by atoms with Gasteiger partial charge in [0, 0.05) is 49.9 Å². The van der Waals surface area contributed by atoms with Gasteiger partial charge in [-0.15, -0.1) is 0 Å². The largest absolute Gasteiger partial charge is 0.381 e. The van der Waals surface area contributed by atoms with E-state index in [9.17, 15) is 9.59 Å². The quantitative estimate of drug-likeness (QED) is 0.790. The molecular weight excluding hydrogens is 308 g/mol. The molecule has 1 atom stereocenters. The number of aromatic amines is 1. The Morgan fingerprint density at radius 2 is 2.17 bits per heavy atom. The number of amides is 2. The van der Waals surface area contributed by atoms with Crippen molar-refractivity contribution in [1.82, 2.24) is 20.4 Å². The maximum absolute atomic E-state index is 12.4. The topological polar surface area (TPSA) is 87.3 Å². The summed E-state index contributed by atoms with van der Waals surface area (Å²) in [6.45, 7) is 8.26. The third-order valence-electron chi connectivity index (χ3n) is 4.95. The Bertz CT molecular complexity index is 615. The van der Waals surface area contributed by atoms with E-state index >= 15 is 0 Å². The second kappa shape index (κ2) is 7.17. The first-order valence-electron chi connectivity index (χ1n) is 8.43. The molecule has 2 saturated heterocycles. The van der Waals surface area contributed by atoms with E-state index in [0.717, 1.165) is 31.7 Å². The van der Waals surface area contributed by atoms with Crippen LogP contribution in [-0.2, 0) is 9.53 Å². The Labute approximate surface area is 141 Å². The van der Waals surface area contributed by atoms with Crippen LogP contribution in [0, 0.1) is 5.92 Å². The molecule has 0 spiro atoms. The molecule has 7 heteroatoms. The van der Waals surface area contributed by atoms with Crippen molar-refractivity contribution in [3.05, 3.63) is 30.1 Å². The Balaban J connectivity index is 1.51. The van der Waals surface area contributed by atoms with Gasteiger partial charge in [0.05, 0.1) is 0 Å². The van der Waals surface area contributed by atoms with E-state index in [1.54, 1.807) is 4.90 Å². The van der Waals surface area contributed by atoms with Crippen molar-refractivity contribution in [2.24, 2.45) is 5.92 Å². The summed E-state index contributed by atoms with van der Waals surface area (Å²) in [4.78, 5) is 25.5. The van der Waals surface area contributed by atoms with Crippen LogP contribution in [0.1, 0.15) is 41.9 Å². The van der Waals surface area contributed by atoms with Crippen LogP contribution >= 0.6 is 0 Å². The molecule has 7 nitrogen and oxygen atoms in total. The molecule has 2 aliphatic heterocycles. The molecule has 3 rings (SSSR count). The zero-order valence-electron chi connectivity index (χ0n) is 14.0. The zero-order chi connectivity index (χ0) is 17.1. The number of nitrogens with one attached hydrogen (secondary N) is 2. The second-order valence-corrected chi connectivity index (χ2v) is 6.56. The van der Waals surface area contributed by atoms with Crippen LogP contribution in [0.3, 0.4) is 0 Å². The molecule has 130 valence electrons. The molecule has 1 unspecified atom stereocenters. The molecular formula is C17H24N4O3. The lowest BCUT2D eigenvalue weighted by Crippen LogP contribution is -2.57. The van der Waals surface area contributed by atoms with Gasteiger partial charge in [-0.25, -0.2) is 0 Å². The summed E-state index contributed by atoms with van der Waals surface area (Å²) in [6, 6.07) is 1.83. The van der Waals surface area contributed by atoms with Gasteiger partial charge in [0.15, 0.2) is 0 Å². The lowest BCUT2D eigenvalue weighted by atomic mass is 9.92. The van der Waals surface area contributed by atoms with Crippen molar-refractivity contribution in [3.63, 3.8) is 0 Å². The van der Waals surface area contributed by atoms with E-state index in [1.807, 2.05) is 13.0 Å². The first-order valence-corrected chi connectivity index (χ1v) is 8.43. The summed E-state index contributed by atoms with van der Waals surface area (Å²) in [5.41, 5.74) is 1.42. The van der Waals surface area contributed by atoms with Gasteiger partial charge in [0.1, 0.15) is 5.69 Å².